The van der Waals surface area contributed by atoms with E-state index in [4.69, 9.17) is 9.47 Å². The normalized spacial score (nSPS) is 23.8. The second-order valence-corrected chi connectivity index (χ2v) is 6.38. The molecule has 1 aromatic carbocycles. The molecule has 0 radical (unpaired) electrons. The van der Waals surface area contributed by atoms with E-state index in [0.29, 0.717) is 19.3 Å². The first-order chi connectivity index (χ1) is 10.4. The molecule has 4 nitrogen and oxygen atoms in total. The van der Waals surface area contributed by atoms with Gasteiger partial charge in [-0.05, 0) is 30.0 Å². The SMILES string of the molecule is c1cc2c(cc1[C@H](CC1CC1)N1CCNCC1)OCCO2. The van der Waals surface area contributed by atoms with E-state index in [0.717, 1.165) is 43.6 Å². The maximum absolute atomic E-state index is 5.77. The standard InChI is InChI=1S/C17H24N2O2/c1-2-13(1)11-15(19-7-5-18-6-8-19)14-3-4-16-17(12-14)21-10-9-20-16/h3-4,12-13,15,18H,1-2,5-11H2/t15-/m0/s1. The van der Waals surface area contributed by atoms with Gasteiger partial charge in [0.15, 0.2) is 11.5 Å². The molecule has 0 amide bonds. The van der Waals surface area contributed by atoms with Gasteiger partial charge in [-0.3, -0.25) is 4.90 Å². The van der Waals surface area contributed by atoms with Crippen LogP contribution in [0.25, 0.3) is 0 Å². The van der Waals surface area contributed by atoms with Crippen LogP contribution in [0.3, 0.4) is 0 Å². The molecule has 0 unspecified atom stereocenters. The molecular formula is C17H24N2O2. The van der Waals surface area contributed by atoms with Crippen molar-refractivity contribution in [3.8, 4) is 11.5 Å². The predicted octanol–water partition coefficient (Wildman–Crippen LogP) is 2.20. The van der Waals surface area contributed by atoms with E-state index in [-0.39, 0.29) is 0 Å². The molecular weight excluding hydrogens is 264 g/mol. The van der Waals surface area contributed by atoms with Gasteiger partial charge < -0.3 is 14.8 Å². The third kappa shape index (κ3) is 3.01. The first-order valence-corrected chi connectivity index (χ1v) is 8.24. The Bertz CT molecular complexity index is 496. The molecule has 3 aliphatic rings. The van der Waals surface area contributed by atoms with Crippen molar-refractivity contribution in [1.82, 2.24) is 10.2 Å². The summed E-state index contributed by atoms with van der Waals surface area (Å²) < 4.78 is 11.4. The van der Waals surface area contributed by atoms with E-state index in [2.05, 4.69) is 28.4 Å². The van der Waals surface area contributed by atoms with Crippen molar-refractivity contribution in [2.45, 2.75) is 25.3 Å². The Morgan fingerprint density at radius 1 is 1.10 bits per heavy atom. The smallest absolute Gasteiger partial charge is 0.161 e. The minimum absolute atomic E-state index is 0.537. The fourth-order valence-electron chi connectivity index (χ4n) is 3.43. The van der Waals surface area contributed by atoms with E-state index in [1.54, 1.807) is 0 Å². The van der Waals surface area contributed by atoms with Gasteiger partial charge in [0.1, 0.15) is 13.2 Å². The maximum atomic E-state index is 5.77. The molecule has 1 saturated carbocycles. The van der Waals surface area contributed by atoms with Crippen LogP contribution >= 0.6 is 0 Å². The lowest BCUT2D eigenvalue weighted by Gasteiger charge is -2.36. The van der Waals surface area contributed by atoms with Gasteiger partial charge in [-0.15, -0.1) is 0 Å². The molecule has 1 N–H and O–H groups in total. The Morgan fingerprint density at radius 3 is 2.62 bits per heavy atom. The molecule has 0 bridgehead atoms. The quantitative estimate of drug-likeness (QED) is 0.921. The van der Waals surface area contributed by atoms with E-state index in [1.165, 1.54) is 24.8 Å². The molecule has 2 aliphatic heterocycles. The monoisotopic (exact) mass is 288 g/mol. The Morgan fingerprint density at radius 2 is 1.86 bits per heavy atom. The highest BCUT2D eigenvalue weighted by molar-refractivity contribution is 5.44. The third-order valence-electron chi connectivity index (χ3n) is 4.80. The van der Waals surface area contributed by atoms with E-state index in [1.807, 2.05) is 0 Å². The second kappa shape index (κ2) is 5.85. The van der Waals surface area contributed by atoms with Gasteiger partial charge in [-0.25, -0.2) is 0 Å². The Hall–Kier alpha value is -1.26. The van der Waals surface area contributed by atoms with E-state index in [9.17, 15) is 0 Å². The molecule has 2 fully saturated rings. The number of nitrogens with one attached hydrogen (secondary N) is 1. The number of hydrogen-bond acceptors (Lipinski definition) is 4. The number of fused-ring (bicyclic) bond motifs is 1. The highest BCUT2D eigenvalue weighted by Crippen LogP contribution is 2.42. The van der Waals surface area contributed by atoms with Crippen molar-refractivity contribution >= 4 is 0 Å². The fraction of sp³-hybridized carbons (Fsp3) is 0.647. The van der Waals surface area contributed by atoms with E-state index >= 15 is 0 Å². The minimum Gasteiger partial charge on any atom is -0.486 e. The third-order valence-corrected chi connectivity index (χ3v) is 4.80. The topological polar surface area (TPSA) is 33.7 Å². The molecule has 4 rings (SSSR count). The van der Waals surface area contributed by atoms with Crippen LogP contribution in [0.4, 0.5) is 0 Å². The molecule has 1 aliphatic carbocycles. The summed E-state index contributed by atoms with van der Waals surface area (Å²) in [5.74, 6) is 2.75. The summed E-state index contributed by atoms with van der Waals surface area (Å²) in [6, 6.07) is 7.08. The lowest BCUT2D eigenvalue weighted by Crippen LogP contribution is -2.45. The molecule has 1 saturated heterocycles. The number of ether oxygens (including phenoxy) is 2. The lowest BCUT2D eigenvalue weighted by molar-refractivity contribution is 0.156. The van der Waals surface area contributed by atoms with Crippen molar-refractivity contribution in [3.05, 3.63) is 23.8 Å². The summed E-state index contributed by atoms with van der Waals surface area (Å²) in [5, 5.41) is 3.45. The summed E-state index contributed by atoms with van der Waals surface area (Å²) in [7, 11) is 0. The Balaban J connectivity index is 1.58. The summed E-state index contributed by atoms with van der Waals surface area (Å²) in [6.45, 7) is 5.82. The molecule has 0 spiro atoms. The highest BCUT2D eigenvalue weighted by Gasteiger charge is 2.31. The highest BCUT2D eigenvalue weighted by atomic mass is 16.6. The molecule has 2 heterocycles. The van der Waals surface area contributed by atoms with Gasteiger partial charge in [0.2, 0.25) is 0 Å². The van der Waals surface area contributed by atoms with Crippen molar-refractivity contribution in [2.75, 3.05) is 39.4 Å². The van der Waals surface area contributed by atoms with Crippen molar-refractivity contribution in [2.24, 2.45) is 5.92 Å². The van der Waals surface area contributed by atoms with Gasteiger partial charge in [-0.2, -0.15) is 0 Å². The van der Waals surface area contributed by atoms with E-state index < -0.39 is 0 Å². The van der Waals surface area contributed by atoms with Gasteiger partial charge in [-0.1, -0.05) is 18.9 Å². The second-order valence-electron chi connectivity index (χ2n) is 6.38. The Labute approximate surface area is 126 Å². The first-order valence-electron chi connectivity index (χ1n) is 8.24. The number of piperazine rings is 1. The molecule has 1 atom stereocenters. The minimum atomic E-state index is 0.537. The van der Waals surface area contributed by atoms with Crippen molar-refractivity contribution in [1.29, 1.82) is 0 Å². The summed E-state index contributed by atoms with van der Waals surface area (Å²) in [4.78, 5) is 2.64. The largest absolute Gasteiger partial charge is 0.486 e. The predicted molar refractivity (Wildman–Crippen MR) is 82.0 cm³/mol. The van der Waals surface area contributed by atoms with Crippen LogP contribution < -0.4 is 14.8 Å². The molecule has 0 aromatic heterocycles. The molecule has 1 aromatic rings. The maximum Gasteiger partial charge on any atom is 0.161 e. The first kappa shape index (κ1) is 13.4. The van der Waals surface area contributed by atoms with Crippen LogP contribution in [0.15, 0.2) is 18.2 Å². The van der Waals surface area contributed by atoms with Gasteiger partial charge in [0, 0.05) is 32.2 Å². The van der Waals surface area contributed by atoms with Crippen LogP contribution in [-0.4, -0.2) is 44.3 Å². The van der Waals surface area contributed by atoms with Crippen LogP contribution in [0.1, 0.15) is 30.9 Å². The number of benzene rings is 1. The Kier molecular flexibility index (Phi) is 3.74. The van der Waals surface area contributed by atoms with Gasteiger partial charge >= 0.3 is 0 Å². The number of rotatable bonds is 4. The van der Waals surface area contributed by atoms with Crippen LogP contribution in [0, 0.1) is 5.92 Å². The lowest BCUT2D eigenvalue weighted by atomic mass is 9.98. The van der Waals surface area contributed by atoms with Crippen LogP contribution in [0.5, 0.6) is 11.5 Å². The van der Waals surface area contributed by atoms with Crippen LogP contribution in [-0.2, 0) is 0 Å². The summed E-state index contributed by atoms with van der Waals surface area (Å²) in [6.07, 6.45) is 4.11. The molecule has 21 heavy (non-hydrogen) atoms. The number of hydrogen-bond donors (Lipinski definition) is 1. The van der Waals surface area contributed by atoms with Gasteiger partial charge in [0.05, 0.1) is 0 Å². The fourth-order valence-corrected chi connectivity index (χ4v) is 3.43. The average molecular weight is 288 g/mol. The van der Waals surface area contributed by atoms with Crippen LogP contribution in [0.2, 0.25) is 0 Å². The average Bonchev–Trinajstić information content (AvgIpc) is 3.37. The summed E-state index contributed by atoms with van der Waals surface area (Å²) >= 11 is 0. The zero-order valence-corrected chi connectivity index (χ0v) is 12.5. The van der Waals surface area contributed by atoms with Crippen molar-refractivity contribution in [3.63, 3.8) is 0 Å². The summed E-state index contributed by atoms with van der Waals surface area (Å²) in [5.41, 5.74) is 1.40. The molecule has 114 valence electrons. The van der Waals surface area contributed by atoms with Crippen molar-refractivity contribution < 1.29 is 9.47 Å². The number of nitrogens with zero attached hydrogens (tertiary/aromatic N) is 1. The zero-order valence-electron chi connectivity index (χ0n) is 12.5. The van der Waals surface area contributed by atoms with Gasteiger partial charge in [0.25, 0.3) is 0 Å². The molecule has 4 heteroatoms. The zero-order chi connectivity index (χ0) is 14.1.